The van der Waals surface area contributed by atoms with Crippen molar-refractivity contribution in [1.82, 2.24) is 14.5 Å². The van der Waals surface area contributed by atoms with Crippen molar-refractivity contribution in [2.24, 2.45) is 0 Å². The third-order valence-electron chi connectivity index (χ3n) is 5.20. The summed E-state index contributed by atoms with van der Waals surface area (Å²) in [5.41, 5.74) is 0.819. The second-order valence-corrected chi connectivity index (χ2v) is 7.73. The van der Waals surface area contributed by atoms with E-state index in [2.05, 4.69) is 16.9 Å². The number of benzene rings is 2. The van der Waals surface area contributed by atoms with E-state index in [1.165, 1.54) is 40.0 Å². The van der Waals surface area contributed by atoms with Gasteiger partial charge in [-0.05, 0) is 36.4 Å². The van der Waals surface area contributed by atoms with Crippen molar-refractivity contribution in [2.75, 3.05) is 18.4 Å². The van der Waals surface area contributed by atoms with Crippen LogP contribution in [0.2, 0.25) is 0 Å². The molecule has 2 heterocycles. The Hall–Kier alpha value is -4.60. The molecule has 4 rings (SSSR count). The van der Waals surface area contributed by atoms with Crippen LogP contribution in [0.3, 0.4) is 0 Å². The molecule has 0 aliphatic carbocycles. The quantitative estimate of drug-likeness (QED) is 0.332. The summed E-state index contributed by atoms with van der Waals surface area (Å²) in [6.07, 6.45) is -0.0337. The van der Waals surface area contributed by atoms with Gasteiger partial charge in [0.15, 0.2) is 5.76 Å². The lowest BCUT2D eigenvalue weighted by Crippen LogP contribution is -2.38. The number of rotatable bonds is 8. The highest BCUT2D eigenvalue weighted by Gasteiger charge is 2.30. The number of amides is 2. The number of nitrogens with zero attached hydrogens (tertiary/aromatic N) is 3. The van der Waals surface area contributed by atoms with Crippen molar-refractivity contribution in [1.29, 1.82) is 0 Å². The van der Waals surface area contributed by atoms with Crippen molar-refractivity contribution >= 4 is 17.8 Å². The first-order chi connectivity index (χ1) is 17.3. The molecule has 10 heteroatoms. The number of hydrogen-bond acceptors (Lipinski definition) is 4. The van der Waals surface area contributed by atoms with Crippen LogP contribution in [0.1, 0.15) is 16.1 Å². The lowest BCUT2D eigenvalue weighted by molar-refractivity contribution is -0.137. The van der Waals surface area contributed by atoms with Gasteiger partial charge in [0, 0.05) is 24.0 Å². The van der Waals surface area contributed by atoms with Crippen molar-refractivity contribution in [3.05, 3.63) is 103 Å². The van der Waals surface area contributed by atoms with E-state index in [1.807, 2.05) is 30.3 Å². The van der Waals surface area contributed by atoms with E-state index in [-0.39, 0.29) is 24.8 Å². The molecule has 1 N–H and O–H groups in total. The standard InChI is InChI=1S/C26H21F3N4O3/c1-2-14-32(24(35)22-9-6-15-36-22)17-23(34)31-25-30-21(18-7-4-3-5-8-18)16-33(25)20-12-10-19(11-13-20)26(27,28)29/h2-13,15-16H,1,14,17H2,(H,30,31,34). The average molecular weight is 494 g/mol. The molecule has 0 saturated carbocycles. The number of hydrogen-bond donors (Lipinski definition) is 1. The normalized spacial score (nSPS) is 11.2. The van der Waals surface area contributed by atoms with Gasteiger partial charge in [0.05, 0.1) is 17.5 Å². The second-order valence-electron chi connectivity index (χ2n) is 7.73. The van der Waals surface area contributed by atoms with Gasteiger partial charge in [-0.25, -0.2) is 4.98 Å². The topological polar surface area (TPSA) is 80.4 Å². The number of imidazole rings is 1. The van der Waals surface area contributed by atoms with Crippen LogP contribution in [-0.4, -0.2) is 39.4 Å². The molecule has 36 heavy (non-hydrogen) atoms. The minimum atomic E-state index is -4.48. The summed E-state index contributed by atoms with van der Waals surface area (Å²) >= 11 is 0. The first-order valence-corrected chi connectivity index (χ1v) is 10.8. The van der Waals surface area contributed by atoms with Gasteiger partial charge in [-0.2, -0.15) is 13.2 Å². The SMILES string of the molecule is C=CCN(CC(=O)Nc1nc(-c2ccccc2)cn1-c1ccc(C(F)(F)F)cc1)C(=O)c1ccco1. The number of aromatic nitrogens is 2. The molecule has 2 aromatic heterocycles. The maximum absolute atomic E-state index is 13.0. The van der Waals surface area contributed by atoms with Gasteiger partial charge in [0.25, 0.3) is 5.91 Å². The van der Waals surface area contributed by atoms with Crippen LogP contribution in [0.25, 0.3) is 16.9 Å². The van der Waals surface area contributed by atoms with Gasteiger partial charge in [-0.3, -0.25) is 19.5 Å². The molecule has 184 valence electrons. The van der Waals surface area contributed by atoms with Gasteiger partial charge >= 0.3 is 6.18 Å². The molecule has 2 amide bonds. The van der Waals surface area contributed by atoms with Crippen molar-refractivity contribution in [3.63, 3.8) is 0 Å². The number of halogens is 3. The lowest BCUT2D eigenvalue weighted by atomic mass is 10.2. The van der Waals surface area contributed by atoms with Gasteiger partial charge in [0.1, 0.15) is 6.54 Å². The summed E-state index contributed by atoms with van der Waals surface area (Å²) in [6, 6.07) is 16.6. The van der Waals surface area contributed by atoms with Crippen LogP contribution >= 0.6 is 0 Å². The van der Waals surface area contributed by atoms with Gasteiger partial charge in [-0.15, -0.1) is 6.58 Å². The zero-order valence-electron chi connectivity index (χ0n) is 18.9. The third-order valence-corrected chi connectivity index (χ3v) is 5.20. The lowest BCUT2D eigenvalue weighted by Gasteiger charge is -2.19. The Balaban J connectivity index is 1.63. The highest BCUT2D eigenvalue weighted by atomic mass is 19.4. The molecule has 4 aromatic rings. The van der Waals surface area contributed by atoms with Crippen molar-refractivity contribution < 1.29 is 27.2 Å². The van der Waals surface area contributed by atoms with Crippen LogP contribution in [0, 0.1) is 0 Å². The maximum atomic E-state index is 13.0. The van der Waals surface area contributed by atoms with Crippen molar-refractivity contribution in [2.45, 2.75) is 6.18 Å². The Labute approximate surface area is 204 Å². The number of carbonyl (C=O) groups excluding carboxylic acids is 2. The van der Waals surface area contributed by atoms with Crippen LogP contribution in [0.4, 0.5) is 19.1 Å². The predicted molar refractivity (Wildman–Crippen MR) is 127 cm³/mol. The Morgan fingerprint density at radius 2 is 1.78 bits per heavy atom. The summed E-state index contributed by atoms with van der Waals surface area (Å²) in [7, 11) is 0. The molecular formula is C26H21F3N4O3. The van der Waals surface area contributed by atoms with E-state index in [4.69, 9.17) is 4.42 Å². The first kappa shape index (κ1) is 24.5. The van der Waals surface area contributed by atoms with E-state index in [9.17, 15) is 22.8 Å². The molecular weight excluding hydrogens is 473 g/mol. The van der Waals surface area contributed by atoms with E-state index >= 15 is 0 Å². The summed E-state index contributed by atoms with van der Waals surface area (Å²) < 4.78 is 45.7. The summed E-state index contributed by atoms with van der Waals surface area (Å²) in [5, 5.41) is 2.66. The molecule has 0 unspecified atom stereocenters. The monoisotopic (exact) mass is 494 g/mol. The number of anilines is 1. The van der Waals surface area contributed by atoms with Crippen molar-refractivity contribution in [3.8, 4) is 16.9 Å². The van der Waals surface area contributed by atoms with E-state index in [0.717, 1.165) is 17.7 Å². The van der Waals surface area contributed by atoms with Gasteiger partial charge in [-0.1, -0.05) is 36.4 Å². The maximum Gasteiger partial charge on any atom is 0.416 e. The number of nitrogens with one attached hydrogen (secondary N) is 1. The van der Waals surface area contributed by atoms with Gasteiger partial charge < -0.3 is 9.32 Å². The fourth-order valence-corrected chi connectivity index (χ4v) is 3.49. The molecule has 2 aromatic carbocycles. The molecule has 0 radical (unpaired) electrons. The number of alkyl halides is 3. The first-order valence-electron chi connectivity index (χ1n) is 10.8. The fourth-order valence-electron chi connectivity index (χ4n) is 3.49. The summed E-state index contributed by atoms with van der Waals surface area (Å²) in [6.45, 7) is 3.38. The van der Waals surface area contributed by atoms with Crippen LogP contribution < -0.4 is 5.32 Å². The molecule has 0 aliphatic rings. The predicted octanol–water partition coefficient (Wildman–Crippen LogP) is 5.42. The highest BCUT2D eigenvalue weighted by molar-refractivity contribution is 5.97. The number of furan rings is 1. The Kier molecular flexibility index (Phi) is 7.05. The van der Waals surface area contributed by atoms with Crippen LogP contribution in [-0.2, 0) is 11.0 Å². The Morgan fingerprint density at radius 1 is 1.06 bits per heavy atom. The fraction of sp³-hybridized carbons (Fsp3) is 0.115. The molecule has 0 aliphatic heterocycles. The van der Waals surface area contributed by atoms with E-state index < -0.39 is 23.6 Å². The zero-order valence-corrected chi connectivity index (χ0v) is 18.9. The zero-order chi connectivity index (χ0) is 25.7. The number of carbonyl (C=O) groups is 2. The van der Waals surface area contributed by atoms with Gasteiger partial charge in [0.2, 0.25) is 11.9 Å². The Morgan fingerprint density at radius 3 is 2.39 bits per heavy atom. The van der Waals surface area contributed by atoms with Crippen LogP contribution in [0.15, 0.2) is 96.3 Å². The second kappa shape index (κ2) is 10.3. The smallest absolute Gasteiger partial charge is 0.416 e. The molecule has 0 bridgehead atoms. The van der Waals surface area contributed by atoms with E-state index in [1.54, 1.807) is 12.3 Å². The minimum absolute atomic E-state index is 0.0715. The summed E-state index contributed by atoms with van der Waals surface area (Å²) in [4.78, 5) is 31.3. The molecule has 0 atom stereocenters. The highest BCUT2D eigenvalue weighted by Crippen LogP contribution is 2.31. The molecule has 0 fully saturated rings. The molecule has 0 saturated heterocycles. The van der Waals surface area contributed by atoms with Crippen LogP contribution in [0.5, 0.6) is 0 Å². The largest absolute Gasteiger partial charge is 0.459 e. The molecule has 0 spiro atoms. The molecule has 7 nitrogen and oxygen atoms in total. The van der Waals surface area contributed by atoms with E-state index in [0.29, 0.717) is 11.4 Å². The average Bonchev–Trinajstić information content (AvgIpc) is 3.54. The summed E-state index contributed by atoms with van der Waals surface area (Å²) in [5.74, 6) is -0.897. The third kappa shape index (κ3) is 5.54. The minimum Gasteiger partial charge on any atom is -0.459 e. The Bertz CT molecular complexity index is 1350.